The average molecular weight is 331 g/mol. The molecule has 0 unspecified atom stereocenters. The number of carboxylic acid groups (broad SMARTS) is 1. The first kappa shape index (κ1) is 15.5. The Labute approximate surface area is 138 Å². The van der Waals surface area contributed by atoms with Gasteiger partial charge in [-0.05, 0) is 30.3 Å². The maximum absolute atomic E-state index is 10.9. The highest BCUT2D eigenvalue weighted by molar-refractivity contribution is 7.17. The number of anilines is 2. The van der Waals surface area contributed by atoms with E-state index in [9.17, 15) is 4.79 Å². The van der Waals surface area contributed by atoms with Crippen LogP contribution in [0.3, 0.4) is 0 Å². The summed E-state index contributed by atoms with van der Waals surface area (Å²) in [6, 6.07) is 10.7. The summed E-state index contributed by atoms with van der Waals surface area (Å²) in [6.45, 7) is 3.36. The SMILES string of the molecule is O=C(O)c1cccc(N/N=C/c2ccc(N3CCOCC3)s2)c1. The van der Waals surface area contributed by atoms with Crippen LogP contribution in [0, 0.1) is 0 Å². The van der Waals surface area contributed by atoms with Crippen molar-refractivity contribution in [1.82, 2.24) is 0 Å². The van der Waals surface area contributed by atoms with Crippen molar-refractivity contribution in [2.24, 2.45) is 5.10 Å². The first-order valence-corrected chi connectivity index (χ1v) is 8.09. The minimum atomic E-state index is -0.953. The molecule has 0 bridgehead atoms. The Kier molecular flexibility index (Phi) is 4.89. The van der Waals surface area contributed by atoms with Crippen molar-refractivity contribution in [1.29, 1.82) is 0 Å². The van der Waals surface area contributed by atoms with Crippen LogP contribution in [0.4, 0.5) is 10.7 Å². The van der Waals surface area contributed by atoms with Gasteiger partial charge in [0.25, 0.3) is 0 Å². The van der Waals surface area contributed by atoms with Crippen molar-refractivity contribution in [3.05, 3.63) is 46.8 Å². The van der Waals surface area contributed by atoms with Gasteiger partial charge in [0, 0.05) is 18.0 Å². The second kappa shape index (κ2) is 7.26. The van der Waals surface area contributed by atoms with Gasteiger partial charge in [0.15, 0.2) is 0 Å². The summed E-state index contributed by atoms with van der Waals surface area (Å²) >= 11 is 1.67. The number of hydrazone groups is 1. The molecule has 2 aromatic rings. The first-order chi connectivity index (χ1) is 11.2. The van der Waals surface area contributed by atoms with Gasteiger partial charge in [0.2, 0.25) is 0 Å². The predicted molar refractivity (Wildman–Crippen MR) is 92.0 cm³/mol. The number of ether oxygens (including phenoxy) is 1. The van der Waals surface area contributed by atoms with Crippen LogP contribution < -0.4 is 10.3 Å². The van der Waals surface area contributed by atoms with E-state index in [2.05, 4.69) is 21.5 Å². The van der Waals surface area contributed by atoms with Gasteiger partial charge in [-0.1, -0.05) is 6.07 Å². The smallest absolute Gasteiger partial charge is 0.335 e. The van der Waals surface area contributed by atoms with E-state index in [1.165, 1.54) is 5.00 Å². The molecule has 1 fully saturated rings. The van der Waals surface area contributed by atoms with Gasteiger partial charge < -0.3 is 14.7 Å². The molecule has 1 aromatic heterocycles. The van der Waals surface area contributed by atoms with Crippen LogP contribution in [-0.4, -0.2) is 43.6 Å². The standard InChI is InChI=1S/C16H17N3O3S/c20-16(21)12-2-1-3-13(10-12)18-17-11-14-4-5-15(23-14)19-6-8-22-9-7-19/h1-5,10-11,18H,6-9H2,(H,20,21)/b17-11+. The van der Waals surface area contributed by atoms with Gasteiger partial charge in [0.05, 0.1) is 35.7 Å². The third-order valence-electron chi connectivity index (χ3n) is 3.43. The Morgan fingerprint density at radius 3 is 2.91 bits per heavy atom. The molecule has 1 aliphatic rings. The molecule has 0 saturated carbocycles. The number of carbonyl (C=O) groups is 1. The Hall–Kier alpha value is -2.38. The lowest BCUT2D eigenvalue weighted by atomic mass is 10.2. The van der Waals surface area contributed by atoms with Crippen LogP contribution in [-0.2, 0) is 4.74 Å². The fourth-order valence-corrected chi connectivity index (χ4v) is 3.19. The molecule has 0 radical (unpaired) electrons. The maximum atomic E-state index is 10.9. The molecule has 1 aromatic carbocycles. The molecular weight excluding hydrogens is 314 g/mol. The molecule has 23 heavy (non-hydrogen) atoms. The van der Waals surface area contributed by atoms with Gasteiger partial charge in [-0.15, -0.1) is 11.3 Å². The molecule has 6 nitrogen and oxygen atoms in total. The van der Waals surface area contributed by atoms with Crippen LogP contribution >= 0.6 is 11.3 Å². The zero-order chi connectivity index (χ0) is 16.1. The van der Waals surface area contributed by atoms with E-state index in [1.54, 1.807) is 41.8 Å². The summed E-state index contributed by atoms with van der Waals surface area (Å²) in [5.74, 6) is -0.953. The van der Waals surface area contributed by atoms with E-state index in [1.807, 2.05) is 6.07 Å². The van der Waals surface area contributed by atoms with Crippen molar-refractivity contribution in [2.75, 3.05) is 36.6 Å². The van der Waals surface area contributed by atoms with E-state index in [4.69, 9.17) is 9.84 Å². The van der Waals surface area contributed by atoms with Gasteiger partial charge in [-0.25, -0.2) is 4.79 Å². The van der Waals surface area contributed by atoms with Crippen molar-refractivity contribution in [3.63, 3.8) is 0 Å². The molecule has 0 amide bonds. The Bertz CT molecular complexity index is 708. The average Bonchev–Trinajstić information content (AvgIpc) is 3.05. The van der Waals surface area contributed by atoms with Crippen molar-refractivity contribution in [3.8, 4) is 0 Å². The highest BCUT2D eigenvalue weighted by Crippen LogP contribution is 2.25. The lowest BCUT2D eigenvalue weighted by molar-refractivity contribution is 0.0697. The maximum Gasteiger partial charge on any atom is 0.335 e. The van der Waals surface area contributed by atoms with Crippen LogP contribution in [0.25, 0.3) is 0 Å². The van der Waals surface area contributed by atoms with Gasteiger partial charge in [-0.3, -0.25) is 5.43 Å². The Morgan fingerprint density at radius 1 is 1.30 bits per heavy atom. The van der Waals surface area contributed by atoms with E-state index in [-0.39, 0.29) is 5.56 Å². The minimum absolute atomic E-state index is 0.232. The number of hydrogen-bond acceptors (Lipinski definition) is 6. The van der Waals surface area contributed by atoms with Gasteiger partial charge >= 0.3 is 5.97 Å². The molecule has 120 valence electrons. The number of rotatable bonds is 5. The van der Waals surface area contributed by atoms with E-state index >= 15 is 0 Å². The molecule has 0 atom stereocenters. The van der Waals surface area contributed by atoms with E-state index in [0.29, 0.717) is 5.69 Å². The van der Waals surface area contributed by atoms with Gasteiger partial charge in [0.1, 0.15) is 0 Å². The van der Waals surface area contributed by atoms with Crippen LogP contribution in [0.2, 0.25) is 0 Å². The summed E-state index contributed by atoms with van der Waals surface area (Å²) in [7, 11) is 0. The summed E-state index contributed by atoms with van der Waals surface area (Å²) < 4.78 is 5.35. The molecule has 1 saturated heterocycles. The minimum Gasteiger partial charge on any atom is -0.478 e. The molecule has 2 N–H and O–H groups in total. The summed E-state index contributed by atoms with van der Waals surface area (Å²) in [5.41, 5.74) is 3.73. The zero-order valence-electron chi connectivity index (χ0n) is 12.4. The molecule has 0 aliphatic carbocycles. The summed E-state index contributed by atoms with van der Waals surface area (Å²) in [5, 5.41) is 14.3. The van der Waals surface area contributed by atoms with Gasteiger partial charge in [-0.2, -0.15) is 5.10 Å². The Balaban J connectivity index is 1.61. The number of morpholine rings is 1. The highest BCUT2D eigenvalue weighted by atomic mass is 32.1. The number of aromatic carboxylic acids is 1. The monoisotopic (exact) mass is 331 g/mol. The lowest BCUT2D eigenvalue weighted by Crippen LogP contribution is -2.35. The van der Waals surface area contributed by atoms with Crippen molar-refractivity contribution >= 4 is 34.2 Å². The molecule has 7 heteroatoms. The molecule has 3 rings (SSSR count). The summed E-state index contributed by atoms with van der Waals surface area (Å²) in [6.07, 6.45) is 1.74. The third-order valence-corrected chi connectivity index (χ3v) is 4.51. The second-order valence-electron chi connectivity index (χ2n) is 5.03. The third kappa shape index (κ3) is 4.08. The zero-order valence-corrected chi connectivity index (χ0v) is 13.3. The second-order valence-corrected chi connectivity index (χ2v) is 6.13. The number of nitrogens with one attached hydrogen (secondary N) is 1. The number of benzene rings is 1. The molecule has 0 spiro atoms. The van der Waals surface area contributed by atoms with Crippen molar-refractivity contribution in [2.45, 2.75) is 0 Å². The number of hydrogen-bond donors (Lipinski definition) is 2. The van der Waals surface area contributed by atoms with Crippen LogP contribution in [0.1, 0.15) is 15.2 Å². The predicted octanol–water partition coefficient (Wildman–Crippen LogP) is 2.73. The van der Waals surface area contributed by atoms with Crippen molar-refractivity contribution < 1.29 is 14.6 Å². The fraction of sp³-hybridized carbons (Fsp3) is 0.250. The van der Waals surface area contributed by atoms with E-state index in [0.717, 1.165) is 31.2 Å². The summed E-state index contributed by atoms with van der Waals surface area (Å²) in [4.78, 5) is 14.3. The first-order valence-electron chi connectivity index (χ1n) is 7.27. The molecule has 2 heterocycles. The topological polar surface area (TPSA) is 74.2 Å². The lowest BCUT2D eigenvalue weighted by Gasteiger charge is -2.27. The van der Waals surface area contributed by atoms with Crippen LogP contribution in [0.15, 0.2) is 41.5 Å². The Morgan fingerprint density at radius 2 is 2.13 bits per heavy atom. The fourth-order valence-electron chi connectivity index (χ4n) is 2.26. The number of nitrogens with zero attached hydrogens (tertiary/aromatic N) is 2. The normalized spacial score (nSPS) is 15.0. The highest BCUT2D eigenvalue weighted by Gasteiger charge is 2.12. The molecule has 1 aliphatic heterocycles. The largest absolute Gasteiger partial charge is 0.478 e. The quantitative estimate of drug-likeness (QED) is 0.651. The number of thiophene rings is 1. The van der Waals surface area contributed by atoms with E-state index < -0.39 is 5.97 Å². The van der Waals surface area contributed by atoms with Crippen LogP contribution in [0.5, 0.6) is 0 Å². The number of carboxylic acids is 1. The molecular formula is C16H17N3O3S.